The number of benzene rings is 1. The Labute approximate surface area is 128 Å². The van der Waals surface area contributed by atoms with Crippen LogP contribution in [0.3, 0.4) is 0 Å². The molecule has 0 fully saturated rings. The highest BCUT2D eigenvalue weighted by atomic mass is 14.9. The van der Waals surface area contributed by atoms with Crippen LogP contribution in [0.4, 0.5) is 0 Å². The summed E-state index contributed by atoms with van der Waals surface area (Å²) in [6.07, 6.45) is 0. The summed E-state index contributed by atoms with van der Waals surface area (Å²) in [5.74, 6) is 0.674. The second kappa shape index (κ2) is 6.86. The smallest absolute Gasteiger partial charge is 0.0708 e. The molecule has 1 N–H and O–H groups in total. The fraction of sp³-hybridized carbons (Fsp3) is 0.421. The number of aryl methyl sites for hydroxylation is 3. The van der Waals surface area contributed by atoms with Gasteiger partial charge in [-0.25, -0.2) is 0 Å². The van der Waals surface area contributed by atoms with E-state index in [1.165, 1.54) is 22.3 Å². The Kier molecular flexibility index (Phi) is 5.13. The van der Waals surface area contributed by atoms with Gasteiger partial charge >= 0.3 is 0 Å². The van der Waals surface area contributed by atoms with Crippen molar-refractivity contribution in [1.82, 2.24) is 10.3 Å². The lowest BCUT2D eigenvalue weighted by atomic mass is 10.0. The zero-order chi connectivity index (χ0) is 15.4. The SMILES string of the molecule is Cc1ccc(-c2ccc(CNCC(C)C)c(C)n2)c(C)c1. The summed E-state index contributed by atoms with van der Waals surface area (Å²) in [4.78, 5) is 4.79. The third-order valence-corrected chi connectivity index (χ3v) is 3.72. The molecular formula is C19H26N2. The van der Waals surface area contributed by atoms with E-state index in [-0.39, 0.29) is 0 Å². The molecule has 1 heterocycles. The number of hydrogen-bond acceptors (Lipinski definition) is 2. The van der Waals surface area contributed by atoms with Crippen LogP contribution >= 0.6 is 0 Å². The molecule has 2 nitrogen and oxygen atoms in total. The predicted octanol–water partition coefficient (Wildman–Crippen LogP) is 4.42. The summed E-state index contributed by atoms with van der Waals surface area (Å²) in [5.41, 5.74) is 7.27. The van der Waals surface area contributed by atoms with E-state index in [2.05, 4.69) is 70.3 Å². The molecule has 0 amide bonds. The van der Waals surface area contributed by atoms with E-state index in [0.29, 0.717) is 5.92 Å². The fourth-order valence-electron chi connectivity index (χ4n) is 2.52. The van der Waals surface area contributed by atoms with E-state index < -0.39 is 0 Å². The summed E-state index contributed by atoms with van der Waals surface area (Å²) in [5, 5.41) is 3.48. The molecule has 0 aliphatic rings. The van der Waals surface area contributed by atoms with Crippen molar-refractivity contribution < 1.29 is 0 Å². The monoisotopic (exact) mass is 282 g/mol. The topological polar surface area (TPSA) is 24.9 Å². The summed E-state index contributed by atoms with van der Waals surface area (Å²) in [6, 6.07) is 10.9. The molecule has 21 heavy (non-hydrogen) atoms. The lowest BCUT2D eigenvalue weighted by Crippen LogP contribution is -2.19. The minimum absolute atomic E-state index is 0.674. The Hall–Kier alpha value is -1.67. The second-order valence-electron chi connectivity index (χ2n) is 6.28. The van der Waals surface area contributed by atoms with Crippen LogP contribution in [0.15, 0.2) is 30.3 Å². The highest BCUT2D eigenvalue weighted by molar-refractivity contribution is 5.64. The molecule has 0 aliphatic carbocycles. The van der Waals surface area contributed by atoms with E-state index >= 15 is 0 Å². The zero-order valence-electron chi connectivity index (χ0n) is 13.8. The van der Waals surface area contributed by atoms with Crippen molar-refractivity contribution in [3.05, 3.63) is 52.7 Å². The average Bonchev–Trinajstić information content (AvgIpc) is 2.40. The fourth-order valence-corrected chi connectivity index (χ4v) is 2.52. The molecule has 0 atom stereocenters. The number of nitrogens with zero attached hydrogens (tertiary/aromatic N) is 1. The minimum atomic E-state index is 0.674. The van der Waals surface area contributed by atoms with E-state index in [1.807, 2.05) is 0 Å². The number of rotatable bonds is 5. The van der Waals surface area contributed by atoms with Crippen LogP contribution in [0.1, 0.15) is 36.2 Å². The number of hydrogen-bond donors (Lipinski definition) is 1. The van der Waals surface area contributed by atoms with Gasteiger partial charge in [-0.2, -0.15) is 0 Å². The molecule has 0 bridgehead atoms. The van der Waals surface area contributed by atoms with Crippen LogP contribution in [0.2, 0.25) is 0 Å². The lowest BCUT2D eigenvalue weighted by Gasteiger charge is -2.12. The molecule has 0 spiro atoms. The molecule has 0 aliphatic heterocycles. The van der Waals surface area contributed by atoms with Gasteiger partial charge in [0.15, 0.2) is 0 Å². The van der Waals surface area contributed by atoms with Crippen LogP contribution in [0.25, 0.3) is 11.3 Å². The zero-order valence-corrected chi connectivity index (χ0v) is 13.8. The predicted molar refractivity (Wildman–Crippen MR) is 90.4 cm³/mol. The largest absolute Gasteiger partial charge is 0.312 e. The van der Waals surface area contributed by atoms with E-state index in [0.717, 1.165) is 24.5 Å². The normalized spacial score (nSPS) is 11.1. The molecule has 1 aromatic heterocycles. The molecule has 0 radical (unpaired) electrons. The van der Waals surface area contributed by atoms with Crippen LogP contribution in [0, 0.1) is 26.7 Å². The summed E-state index contributed by atoms with van der Waals surface area (Å²) in [7, 11) is 0. The van der Waals surface area contributed by atoms with Gasteiger partial charge in [-0.15, -0.1) is 0 Å². The van der Waals surface area contributed by atoms with Gasteiger partial charge in [-0.3, -0.25) is 4.98 Å². The van der Waals surface area contributed by atoms with Crippen molar-refractivity contribution in [3.8, 4) is 11.3 Å². The van der Waals surface area contributed by atoms with Gasteiger partial charge in [0.1, 0.15) is 0 Å². The maximum absolute atomic E-state index is 4.79. The van der Waals surface area contributed by atoms with Crippen molar-refractivity contribution in [1.29, 1.82) is 0 Å². The number of nitrogens with one attached hydrogen (secondary N) is 1. The summed E-state index contributed by atoms with van der Waals surface area (Å²) >= 11 is 0. The Balaban J connectivity index is 2.18. The van der Waals surface area contributed by atoms with Gasteiger partial charge in [0, 0.05) is 17.8 Å². The minimum Gasteiger partial charge on any atom is -0.312 e. The first-order chi connectivity index (χ1) is 9.97. The Morgan fingerprint density at radius 1 is 1.05 bits per heavy atom. The van der Waals surface area contributed by atoms with Gasteiger partial charge in [0.2, 0.25) is 0 Å². The highest BCUT2D eigenvalue weighted by Gasteiger charge is 2.06. The quantitative estimate of drug-likeness (QED) is 0.878. The van der Waals surface area contributed by atoms with Crippen molar-refractivity contribution in [2.45, 2.75) is 41.2 Å². The summed E-state index contributed by atoms with van der Waals surface area (Å²) in [6.45, 7) is 12.8. The second-order valence-corrected chi connectivity index (χ2v) is 6.28. The van der Waals surface area contributed by atoms with Crippen LogP contribution < -0.4 is 5.32 Å². The Morgan fingerprint density at radius 2 is 1.81 bits per heavy atom. The molecule has 2 aromatic rings. The van der Waals surface area contributed by atoms with Gasteiger partial charge in [-0.05, 0) is 50.4 Å². The number of aromatic nitrogens is 1. The van der Waals surface area contributed by atoms with Crippen molar-refractivity contribution >= 4 is 0 Å². The van der Waals surface area contributed by atoms with Crippen LogP contribution in [0.5, 0.6) is 0 Å². The highest BCUT2D eigenvalue weighted by Crippen LogP contribution is 2.23. The third-order valence-electron chi connectivity index (χ3n) is 3.72. The van der Waals surface area contributed by atoms with Gasteiger partial charge in [-0.1, -0.05) is 43.7 Å². The molecule has 2 rings (SSSR count). The molecule has 1 aromatic carbocycles. The molecule has 112 valence electrons. The first kappa shape index (κ1) is 15.7. The molecule has 0 saturated heterocycles. The molecule has 0 saturated carbocycles. The third kappa shape index (κ3) is 4.15. The van der Waals surface area contributed by atoms with E-state index in [9.17, 15) is 0 Å². The Morgan fingerprint density at radius 3 is 2.43 bits per heavy atom. The van der Waals surface area contributed by atoms with Crippen molar-refractivity contribution in [2.24, 2.45) is 5.92 Å². The Bertz CT molecular complexity index is 615. The van der Waals surface area contributed by atoms with Gasteiger partial charge in [0.25, 0.3) is 0 Å². The maximum atomic E-state index is 4.79. The van der Waals surface area contributed by atoms with E-state index in [1.54, 1.807) is 0 Å². The first-order valence-electron chi connectivity index (χ1n) is 7.72. The lowest BCUT2D eigenvalue weighted by molar-refractivity contribution is 0.551. The van der Waals surface area contributed by atoms with Crippen molar-refractivity contribution in [3.63, 3.8) is 0 Å². The molecule has 2 heteroatoms. The first-order valence-corrected chi connectivity index (χ1v) is 7.72. The van der Waals surface area contributed by atoms with E-state index in [4.69, 9.17) is 4.98 Å². The number of pyridine rings is 1. The molecule has 0 unspecified atom stereocenters. The standard InChI is InChI=1S/C19H26N2/c1-13(2)11-20-12-17-7-9-19(21-16(17)5)18-8-6-14(3)10-15(18)4/h6-10,13,20H,11-12H2,1-5H3. The maximum Gasteiger partial charge on any atom is 0.0708 e. The average molecular weight is 282 g/mol. The van der Waals surface area contributed by atoms with Gasteiger partial charge < -0.3 is 5.32 Å². The summed E-state index contributed by atoms with van der Waals surface area (Å²) < 4.78 is 0. The van der Waals surface area contributed by atoms with Crippen molar-refractivity contribution in [2.75, 3.05) is 6.54 Å². The van der Waals surface area contributed by atoms with Gasteiger partial charge in [0.05, 0.1) is 5.69 Å². The van der Waals surface area contributed by atoms with Crippen LogP contribution in [-0.4, -0.2) is 11.5 Å². The molecular weight excluding hydrogens is 256 g/mol. The van der Waals surface area contributed by atoms with Crippen LogP contribution in [-0.2, 0) is 6.54 Å².